The van der Waals surface area contributed by atoms with Gasteiger partial charge >= 0.3 is 5.97 Å². The fourth-order valence-corrected chi connectivity index (χ4v) is 9.12. The van der Waals surface area contributed by atoms with Crippen LogP contribution in [-0.2, 0) is 16.0 Å². The number of anilines is 1. The van der Waals surface area contributed by atoms with Gasteiger partial charge in [0.05, 0.1) is 16.5 Å². The summed E-state index contributed by atoms with van der Waals surface area (Å²) in [6, 6.07) is 67.1. The Bertz CT molecular complexity index is 3510. The number of ether oxygens (including phenoxy) is 1. The molecule has 0 radical (unpaired) electrons. The second-order valence-electron chi connectivity index (χ2n) is 23.3. The number of hydrogen-bond donors (Lipinski definition) is 0. The highest BCUT2D eigenvalue weighted by Gasteiger charge is 2.33. The number of thiophene rings is 1. The van der Waals surface area contributed by atoms with Crippen LogP contribution in [0.3, 0.4) is 0 Å². The minimum atomic E-state index is -0.359. The van der Waals surface area contributed by atoms with Gasteiger partial charge < -0.3 is 9.64 Å². The number of hydrogen-bond acceptors (Lipinski definition) is 8. The van der Waals surface area contributed by atoms with Gasteiger partial charge in [-0.15, -0.1) is 11.3 Å². The smallest absolute Gasteiger partial charge is 0.305 e. The van der Waals surface area contributed by atoms with Gasteiger partial charge in [-0.3, -0.25) is 25.0 Å². The van der Waals surface area contributed by atoms with E-state index in [0.717, 1.165) is 40.0 Å². The Balaban J connectivity index is -0.000000507. The molecule has 0 amide bonds. The SMILES string of the molecule is C.C.C.C.C/C=C/c1ccccc1.CC1=CC=CC1.CC1CC1c1ccccc1.CCCC(=O)OCC.CCc1cccs1.Cc1ccc(C)c([N+](=O)[O-])c1.Cc1ccc(C)c([N+](=O)[O-])c1.Cc1ccc(N(C)C)cc1.Cc1cccc(C)c1.Cc1ccccc1Cl.Cc1ccccc1F. The van der Waals surface area contributed by atoms with Crippen molar-refractivity contribution in [2.75, 3.05) is 25.6 Å². The van der Waals surface area contributed by atoms with Crippen LogP contribution in [-0.4, -0.2) is 36.5 Å². The first kappa shape index (κ1) is 97.4. The summed E-state index contributed by atoms with van der Waals surface area (Å²) in [7, 11) is 4.09. The molecule has 2 aliphatic rings. The quantitative estimate of drug-likeness (QED) is 0.0803. The number of halogens is 2. The maximum absolute atomic E-state index is 12.3. The predicted molar refractivity (Wildman–Crippen MR) is 438 cm³/mol. The van der Waals surface area contributed by atoms with Crippen LogP contribution in [0.1, 0.15) is 169 Å². The van der Waals surface area contributed by atoms with Gasteiger partial charge in [-0.1, -0.05) is 279 Å². The molecule has 9 aromatic rings. The standard InChI is InChI=1S/C10H12.C9H13N.C9H10.2C8H9NO2.C8H10.C7H7Cl.C7H7F.C6H12O2.C6H8S.C6H8.4CH4/c1-8-7-10(8)9-5-3-2-4-6-9;1-8-4-6-9(7-5-8)10(2)3;1-2-6-9-7-4-3-5-8-9;2*1-6-3-4-7(2)8(5-6)9(10)11;1-7-4-3-5-8(2)6-7;2*1-6-4-2-3-5-7(6)8;1-3-5-6(7)8-4-2;1-2-6-4-3-5-7-6;1-6-4-2-3-5-6;;;;/h2-6,8,10H,7H2,1H3;4-7H,1-3H3;2-8H,1H3;2*3-5H,1-2H3;3-6H,1-2H3;2*2-5H,1H3;3-5H2,1-2H3;3-5H,2H2,1H3;2-4H,5H2,1H3;4*1H4/b;;6-2+;;;;;;;;;;;;. The minimum absolute atomic E-state index is 0. The van der Waals surface area contributed by atoms with Crippen LogP contribution in [0.15, 0.2) is 242 Å². The van der Waals surface area contributed by atoms with E-state index >= 15 is 0 Å². The molecule has 11 rings (SSSR count). The molecule has 12 heteroatoms. The highest BCUT2D eigenvalue weighted by molar-refractivity contribution is 7.09. The molecule has 2 unspecified atom stereocenters. The number of carbonyl (C=O) groups is 1. The van der Waals surface area contributed by atoms with Crippen molar-refractivity contribution in [2.45, 2.75) is 172 Å². The van der Waals surface area contributed by atoms with Crippen LogP contribution in [0.2, 0.25) is 5.02 Å². The van der Waals surface area contributed by atoms with Crippen LogP contribution in [0.4, 0.5) is 21.5 Å². The number of nitro benzene ring substituents is 2. The Hall–Kier alpha value is -9.03. The number of esters is 1. The fourth-order valence-electron chi connectivity index (χ4n) is 8.33. The van der Waals surface area contributed by atoms with Gasteiger partial charge in [0.15, 0.2) is 0 Å². The monoisotopic (exact) mass is 1400 g/mol. The van der Waals surface area contributed by atoms with Gasteiger partial charge in [0.25, 0.3) is 11.4 Å². The van der Waals surface area contributed by atoms with Crippen molar-refractivity contribution in [3.8, 4) is 0 Å². The molecule has 0 bridgehead atoms. The highest BCUT2D eigenvalue weighted by Crippen LogP contribution is 2.46. The van der Waals surface area contributed by atoms with E-state index in [4.69, 9.17) is 11.6 Å². The molecule has 1 aromatic heterocycles. The maximum Gasteiger partial charge on any atom is 0.305 e. The molecule has 1 fully saturated rings. The summed E-state index contributed by atoms with van der Waals surface area (Å²) in [6.07, 6.45) is 15.7. The van der Waals surface area contributed by atoms with Gasteiger partial charge in [-0.05, 0) is 190 Å². The Morgan fingerprint density at radius 2 is 1.06 bits per heavy atom. The van der Waals surface area contributed by atoms with Gasteiger partial charge in [0, 0.05) is 59.4 Å². The molecular formula is C88H121ClFN3O6S. The molecule has 2 atom stereocenters. The summed E-state index contributed by atoms with van der Waals surface area (Å²) in [5, 5.41) is 23.7. The van der Waals surface area contributed by atoms with Crippen LogP contribution < -0.4 is 4.90 Å². The second-order valence-corrected chi connectivity index (χ2v) is 24.7. The molecular weight excluding hydrogens is 1280 g/mol. The van der Waals surface area contributed by atoms with Crippen molar-refractivity contribution in [3.05, 3.63) is 339 Å². The van der Waals surface area contributed by atoms with E-state index in [1.165, 1.54) is 69.3 Å². The molecule has 9 nitrogen and oxygen atoms in total. The third kappa shape index (κ3) is 46.3. The van der Waals surface area contributed by atoms with Crippen molar-refractivity contribution >= 4 is 52.0 Å². The molecule has 1 heterocycles. The largest absolute Gasteiger partial charge is 0.466 e. The summed E-state index contributed by atoms with van der Waals surface area (Å²) in [4.78, 5) is 34.0. The topological polar surface area (TPSA) is 116 Å². The normalized spacial score (nSPS) is 11.7. The van der Waals surface area contributed by atoms with E-state index < -0.39 is 0 Å². The lowest BCUT2D eigenvalue weighted by atomic mass is 10.1. The molecule has 2 aliphatic carbocycles. The third-order valence-electron chi connectivity index (χ3n) is 14.1. The summed E-state index contributed by atoms with van der Waals surface area (Å²) < 4.78 is 17.0. The number of carbonyl (C=O) groups excluding carboxylic acids is 1. The fraction of sp³-hybridized carbons (Fsp3) is 0.330. The van der Waals surface area contributed by atoms with E-state index in [2.05, 4.69) is 184 Å². The van der Waals surface area contributed by atoms with Gasteiger partial charge in [0.2, 0.25) is 0 Å². The predicted octanol–water partition coefficient (Wildman–Crippen LogP) is 27.2. The molecule has 100 heavy (non-hydrogen) atoms. The number of nitrogens with zero attached hydrogens (tertiary/aromatic N) is 3. The first-order valence-corrected chi connectivity index (χ1v) is 33.9. The second kappa shape index (κ2) is 57.8. The Kier molecular flexibility index (Phi) is 56.3. The molecule has 544 valence electrons. The summed E-state index contributed by atoms with van der Waals surface area (Å²) in [5.74, 6) is 1.59. The summed E-state index contributed by atoms with van der Waals surface area (Å²) >= 11 is 7.53. The molecule has 0 aliphatic heterocycles. The van der Waals surface area contributed by atoms with Crippen molar-refractivity contribution in [1.29, 1.82) is 0 Å². The zero-order valence-electron chi connectivity index (χ0n) is 59.9. The Morgan fingerprint density at radius 3 is 1.37 bits per heavy atom. The van der Waals surface area contributed by atoms with Crippen molar-refractivity contribution < 1.29 is 23.8 Å². The van der Waals surface area contributed by atoms with E-state index in [-0.39, 0.29) is 62.7 Å². The summed E-state index contributed by atoms with van der Waals surface area (Å²) in [6.45, 7) is 30.1. The number of allylic oxidation sites excluding steroid dienone is 5. The van der Waals surface area contributed by atoms with Gasteiger partial charge in [0.1, 0.15) is 5.82 Å². The zero-order valence-corrected chi connectivity index (χ0v) is 61.5. The average molecular weight is 1400 g/mol. The van der Waals surface area contributed by atoms with Gasteiger partial charge in [-0.2, -0.15) is 0 Å². The number of benzene rings is 8. The number of aryl methyl sites for hydroxylation is 10. The average Bonchev–Trinajstić information content (AvgIpc) is 1.67. The Labute approximate surface area is 613 Å². The minimum Gasteiger partial charge on any atom is -0.466 e. The van der Waals surface area contributed by atoms with E-state index in [1.54, 1.807) is 57.2 Å². The van der Waals surface area contributed by atoms with E-state index in [9.17, 15) is 29.4 Å². The number of nitro groups is 2. The zero-order chi connectivity index (χ0) is 71.8. The van der Waals surface area contributed by atoms with E-state index in [1.807, 2.05) is 134 Å². The maximum atomic E-state index is 12.3. The van der Waals surface area contributed by atoms with Crippen LogP contribution in [0.25, 0.3) is 6.08 Å². The van der Waals surface area contributed by atoms with Crippen molar-refractivity contribution in [3.63, 3.8) is 0 Å². The van der Waals surface area contributed by atoms with Crippen LogP contribution in [0, 0.1) is 94.3 Å². The number of rotatable bonds is 9. The van der Waals surface area contributed by atoms with E-state index in [0.29, 0.717) is 29.7 Å². The molecule has 0 saturated heterocycles. The first-order valence-electron chi connectivity index (χ1n) is 32.6. The Morgan fingerprint density at radius 1 is 0.590 bits per heavy atom. The molecule has 1 saturated carbocycles. The lowest BCUT2D eigenvalue weighted by Gasteiger charge is -2.11. The molecule has 8 aromatic carbocycles. The van der Waals surface area contributed by atoms with Gasteiger partial charge in [-0.25, -0.2) is 4.39 Å². The van der Waals surface area contributed by atoms with Crippen LogP contribution in [0.5, 0.6) is 0 Å². The first-order chi connectivity index (χ1) is 45.8. The third-order valence-corrected chi connectivity index (χ3v) is 15.6. The lowest BCUT2D eigenvalue weighted by Crippen LogP contribution is -2.07. The van der Waals surface area contributed by atoms with Crippen LogP contribution >= 0.6 is 22.9 Å². The van der Waals surface area contributed by atoms with Crippen molar-refractivity contribution in [2.24, 2.45) is 5.92 Å². The molecule has 0 spiro atoms. The molecule has 0 N–H and O–H groups in total. The van der Waals surface area contributed by atoms with Crippen molar-refractivity contribution in [1.82, 2.24) is 0 Å². The summed E-state index contributed by atoms with van der Waals surface area (Å²) in [5.41, 5.74) is 15.0. The lowest BCUT2D eigenvalue weighted by molar-refractivity contribution is -0.385. The highest BCUT2D eigenvalue weighted by atomic mass is 35.5.